The highest BCUT2D eigenvalue weighted by Gasteiger charge is 2.08. The van der Waals surface area contributed by atoms with Crippen LogP contribution in [0.2, 0.25) is 0 Å². The van der Waals surface area contributed by atoms with Crippen molar-refractivity contribution in [2.75, 3.05) is 17.6 Å². The number of thioether (sulfide) groups is 1. The number of benzene rings is 1. The molecule has 2 aromatic rings. The molecule has 0 aliphatic carbocycles. The van der Waals surface area contributed by atoms with Gasteiger partial charge < -0.3 is 10.6 Å². The summed E-state index contributed by atoms with van der Waals surface area (Å²) in [5.74, 6) is -0.866. The van der Waals surface area contributed by atoms with E-state index in [4.69, 9.17) is 0 Å². The van der Waals surface area contributed by atoms with Crippen LogP contribution in [-0.2, 0) is 9.59 Å². The molecule has 0 spiro atoms. The molecule has 110 valence electrons. The summed E-state index contributed by atoms with van der Waals surface area (Å²) in [5, 5.41) is 12.5. The molecule has 21 heavy (non-hydrogen) atoms. The average Bonchev–Trinajstić information content (AvgIpc) is 2.99. The predicted octanol–water partition coefficient (Wildman–Crippen LogP) is 1.52. The molecule has 0 bridgehead atoms. The molecule has 0 aliphatic rings. The quantitative estimate of drug-likeness (QED) is 0.787. The zero-order chi connectivity index (χ0) is 15.1. The van der Waals surface area contributed by atoms with Gasteiger partial charge in [0.05, 0.1) is 12.3 Å². The number of nitrogens with zero attached hydrogens (tertiary/aromatic N) is 2. The Morgan fingerprint density at radius 2 is 2.00 bits per heavy atom. The van der Waals surface area contributed by atoms with E-state index in [0.29, 0.717) is 10.0 Å². The SMILES string of the molecule is O=C(CSc1nncs1)NCC(=O)Nc1ccc(F)cc1. The Labute approximate surface area is 128 Å². The minimum atomic E-state index is -0.380. The molecule has 2 amide bonds. The Morgan fingerprint density at radius 1 is 1.24 bits per heavy atom. The number of nitrogens with one attached hydrogen (secondary N) is 2. The Morgan fingerprint density at radius 3 is 2.67 bits per heavy atom. The van der Waals surface area contributed by atoms with Crippen LogP contribution >= 0.6 is 23.1 Å². The van der Waals surface area contributed by atoms with E-state index in [2.05, 4.69) is 20.8 Å². The topological polar surface area (TPSA) is 84.0 Å². The summed E-state index contributed by atoms with van der Waals surface area (Å²) in [5.41, 5.74) is 2.05. The van der Waals surface area contributed by atoms with Gasteiger partial charge in [0.25, 0.3) is 0 Å². The summed E-state index contributed by atoms with van der Waals surface area (Å²) in [4.78, 5) is 23.1. The molecule has 0 saturated heterocycles. The number of halogens is 1. The fourth-order valence-electron chi connectivity index (χ4n) is 1.32. The van der Waals surface area contributed by atoms with Crippen LogP contribution in [0.25, 0.3) is 0 Å². The minimum absolute atomic E-state index is 0.146. The van der Waals surface area contributed by atoms with Gasteiger partial charge in [-0.2, -0.15) is 0 Å². The van der Waals surface area contributed by atoms with Crippen LogP contribution in [0.3, 0.4) is 0 Å². The molecule has 0 atom stereocenters. The minimum Gasteiger partial charge on any atom is -0.346 e. The van der Waals surface area contributed by atoms with Gasteiger partial charge in [0.2, 0.25) is 11.8 Å². The first-order valence-electron chi connectivity index (χ1n) is 5.84. The van der Waals surface area contributed by atoms with Gasteiger partial charge >= 0.3 is 0 Å². The molecular formula is C12H11FN4O2S2. The Balaban J connectivity index is 1.68. The van der Waals surface area contributed by atoms with Gasteiger partial charge in [0.1, 0.15) is 11.3 Å². The molecule has 0 fully saturated rings. The maximum Gasteiger partial charge on any atom is 0.243 e. The fourth-order valence-corrected chi connectivity index (χ4v) is 2.64. The van der Waals surface area contributed by atoms with Crippen molar-refractivity contribution in [3.8, 4) is 0 Å². The predicted molar refractivity (Wildman–Crippen MR) is 78.7 cm³/mol. The van der Waals surface area contributed by atoms with Crippen LogP contribution in [0.1, 0.15) is 0 Å². The number of carbonyl (C=O) groups excluding carboxylic acids is 2. The number of anilines is 1. The Hall–Kier alpha value is -2.00. The van der Waals surface area contributed by atoms with E-state index in [0.717, 1.165) is 0 Å². The summed E-state index contributed by atoms with van der Waals surface area (Å²) in [6, 6.07) is 5.38. The van der Waals surface area contributed by atoms with Crippen molar-refractivity contribution in [2.24, 2.45) is 0 Å². The molecule has 0 saturated carbocycles. The van der Waals surface area contributed by atoms with Gasteiger partial charge in [0.15, 0.2) is 4.34 Å². The van der Waals surface area contributed by atoms with Crippen LogP contribution in [0.5, 0.6) is 0 Å². The van der Waals surface area contributed by atoms with Gasteiger partial charge in [-0.1, -0.05) is 23.1 Å². The lowest BCUT2D eigenvalue weighted by Crippen LogP contribution is -2.33. The lowest BCUT2D eigenvalue weighted by molar-refractivity contribution is -0.122. The highest BCUT2D eigenvalue weighted by molar-refractivity contribution is 8.01. The van der Waals surface area contributed by atoms with Gasteiger partial charge in [-0.3, -0.25) is 9.59 Å². The number of hydrogen-bond acceptors (Lipinski definition) is 6. The van der Waals surface area contributed by atoms with E-state index in [-0.39, 0.29) is 29.9 Å². The van der Waals surface area contributed by atoms with Crippen molar-refractivity contribution in [3.63, 3.8) is 0 Å². The van der Waals surface area contributed by atoms with E-state index >= 15 is 0 Å². The maximum atomic E-state index is 12.7. The molecule has 1 aromatic heterocycles. The molecule has 1 aromatic carbocycles. The Kier molecular flexibility index (Phi) is 5.64. The molecule has 1 heterocycles. The molecule has 0 radical (unpaired) electrons. The third kappa shape index (κ3) is 5.48. The normalized spacial score (nSPS) is 10.1. The van der Waals surface area contributed by atoms with Crippen molar-refractivity contribution < 1.29 is 14.0 Å². The second kappa shape index (κ2) is 7.70. The van der Waals surface area contributed by atoms with Gasteiger partial charge in [-0.05, 0) is 24.3 Å². The summed E-state index contributed by atoms with van der Waals surface area (Å²) in [6.07, 6.45) is 0. The van der Waals surface area contributed by atoms with Crippen LogP contribution in [0.15, 0.2) is 34.1 Å². The molecule has 0 aliphatic heterocycles. The van der Waals surface area contributed by atoms with Crippen LogP contribution in [-0.4, -0.2) is 34.3 Å². The summed E-state index contributed by atoms with van der Waals surface area (Å²) >= 11 is 2.59. The monoisotopic (exact) mass is 326 g/mol. The maximum absolute atomic E-state index is 12.7. The summed E-state index contributed by atoms with van der Waals surface area (Å²) < 4.78 is 13.4. The lowest BCUT2D eigenvalue weighted by atomic mass is 10.3. The zero-order valence-electron chi connectivity index (χ0n) is 10.7. The van der Waals surface area contributed by atoms with E-state index in [1.807, 2.05) is 0 Å². The van der Waals surface area contributed by atoms with Crippen molar-refractivity contribution >= 4 is 40.6 Å². The van der Waals surface area contributed by atoms with Crippen molar-refractivity contribution in [3.05, 3.63) is 35.6 Å². The molecular weight excluding hydrogens is 315 g/mol. The molecule has 2 rings (SSSR count). The number of amides is 2. The largest absolute Gasteiger partial charge is 0.346 e. The van der Waals surface area contributed by atoms with E-state index in [1.165, 1.54) is 47.4 Å². The van der Waals surface area contributed by atoms with Crippen molar-refractivity contribution in [1.82, 2.24) is 15.5 Å². The number of rotatable bonds is 6. The smallest absolute Gasteiger partial charge is 0.243 e. The summed E-state index contributed by atoms with van der Waals surface area (Å²) in [7, 11) is 0. The van der Waals surface area contributed by atoms with Crippen LogP contribution in [0.4, 0.5) is 10.1 Å². The third-order valence-corrected chi connectivity index (χ3v) is 4.10. The second-order valence-electron chi connectivity index (χ2n) is 3.83. The highest BCUT2D eigenvalue weighted by Crippen LogP contribution is 2.18. The number of aromatic nitrogens is 2. The fraction of sp³-hybridized carbons (Fsp3) is 0.167. The molecule has 2 N–H and O–H groups in total. The first-order valence-corrected chi connectivity index (χ1v) is 7.71. The molecule has 9 heteroatoms. The van der Waals surface area contributed by atoms with E-state index < -0.39 is 0 Å². The lowest BCUT2D eigenvalue weighted by Gasteiger charge is -2.06. The van der Waals surface area contributed by atoms with Gasteiger partial charge in [-0.25, -0.2) is 4.39 Å². The molecule has 0 unspecified atom stereocenters. The number of carbonyl (C=O) groups is 2. The standard InChI is InChI=1S/C12H11FN4O2S2/c13-8-1-3-9(4-2-8)16-10(18)5-14-11(19)6-20-12-17-15-7-21-12/h1-4,7H,5-6H2,(H,14,19)(H,16,18). The van der Waals surface area contributed by atoms with E-state index in [1.54, 1.807) is 5.51 Å². The van der Waals surface area contributed by atoms with Gasteiger partial charge in [0, 0.05) is 5.69 Å². The van der Waals surface area contributed by atoms with Gasteiger partial charge in [-0.15, -0.1) is 10.2 Å². The van der Waals surface area contributed by atoms with Crippen molar-refractivity contribution in [1.29, 1.82) is 0 Å². The Bertz CT molecular complexity index is 604. The zero-order valence-corrected chi connectivity index (χ0v) is 12.3. The van der Waals surface area contributed by atoms with Crippen LogP contribution in [0, 0.1) is 5.82 Å². The number of hydrogen-bond donors (Lipinski definition) is 2. The van der Waals surface area contributed by atoms with E-state index in [9.17, 15) is 14.0 Å². The summed E-state index contributed by atoms with van der Waals surface area (Å²) in [6.45, 7) is -0.146. The molecule has 6 nitrogen and oxygen atoms in total. The third-order valence-electron chi connectivity index (χ3n) is 2.24. The van der Waals surface area contributed by atoms with Crippen LogP contribution < -0.4 is 10.6 Å². The van der Waals surface area contributed by atoms with Crippen molar-refractivity contribution in [2.45, 2.75) is 4.34 Å². The highest BCUT2D eigenvalue weighted by atomic mass is 32.2. The average molecular weight is 326 g/mol. The second-order valence-corrected chi connectivity index (χ2v) is 5.88. The first-order chi connectivity index (χ1) is 10.1. The first kappa shape index (κ1) is 15.4.